The van der Waals surface area contributed by atoms with Crippen LogP contribution in [0.1, 0.15) is 84.8 Å². The van der Waals surface area contributed by atoms with Gasteiger partial charge in [-0.05, 0) is 66.6 Å². The number of aromatic hydroxyl groups is 1. The minimum Gasteiger partial charge on any atom is -0.507 e. The lowest BCUT2D eigenvalue weighted by atomic mass is 9.84. The number of cyclic esters (lactones) is 1. The van der Waals surface area contributed by atoms with E-state index in [0.29, 0.717) is 43.2 Å². The molecule has 4 rings (SSSR count). The van der Waals surface area contributed by atoms with E-state index in [1.54, 1.807) is 19.1 Å². The SMILES string of the molecule is C[C@H]1CCCC(=O)CCC/C=C/c2cc3c(c(O)c2C(=O)O1)[C@@H](c1ccsc1)CC(=O)O3. The summed E-state index contributed by atoms with van der Waals surface area (Å²) in [6, 6.07) is 3.53. The molecule has 1 N–H and O–H groups in total. The Labute approximate surface area is 190 Å². The molecular formula is C25H26O6S. The van der Waals surface area contributed by atoms with Gasteiger partial charge < -0.3 is 14.6 Å². The van der Waals surface area contributed by atoms with E-state index in [-0.39, 0.29) is 35.2 Å². The molecule has 0 fully saturated rings. The molecule has 2 aliphatic rings. The molecule has 0 aliphatic carbocycles. The van der Waals surface area contributed by atoms with Crippen LogP contribution in [-0.2, 0) is 14.3 Å². The fraction of sp³-hybridized carbons (Fsp3) is 0.400. The van der Waals surface area contributed by atoms with Gasteiger partial charge in [0.1, 0.15) is 22.8 Å². The summed E-state index contributed by atoms with van der Waals surface area (Å²) in [6.45, 7) is 1.79. The Hall–Kier alpha value is -2.93. The highest BCUT2D eigenvalue weighted by molar-refractivity contribution is 7.08. The number of rotatable bonds is 1. The third-order valence-corrected chi connectivity index (χ3v) is 6.63. The first kappa shape index (κ1) is 22.3. The van der Waals surface area contributed by atoms with Crippen molar-refractivity contribution in [2.45, 2.75) is 63.9 Å². The number of carbonyl (C=O) groups is 3. The average molecular weight is 455 g/mol. The number of hydrogen-bond donors (Lipinski definition) is 1. The highest BCUT2D eigenvalue weighted by atomic mass is 32.1. The first-order valence-electron chi connectivity index (χ1n) is 11.0. The lowest BCUT2D eigenvalue weighted by Crippen LogP contribution is -2.23. The van der Waals surface area contributed by atoms with E-state index in [1.807, 2.05) is 22.9 Å². The van der Waals surface area contributed by atoms with Crippen molar-refractivity contribution >= 4 is 35.1 Å². The van der Waals surface area contributed by atoms with Crippen LogP contribution in [0, 0.1) is 0 Å². The summed E-state index contributed by atoms with van der Waals surface area (Å²) in [5.41, 5.74) is 1.84. The highest BCUT2D eigenvalue weighted by Crippen LogP contribution is 2.47. The van der Waals surface area contributed by atoms with Crippen LogP contribution < -0.4 is 4.74 Å². The molecule has 1 aromatic carbocycles. The van der Waals surface area contributed by atoms with E-state index in [4.69, 9.17) is 9.47 Å². The maximum atomic E-state index is 13.1. The van der Waals surface area contributed by atoms with Crippen molar-refractivity contribution in [2.24, 2.45) is 0 Å². The van der Waals surface area contributed by atoms with Gasteiger partial charge >= 0.3 is 11.9 Å². The molecule has 6 nitrogen and oxygen atoms in total. The molecular weight excluding hydrogens is 428 g/mol. The Bertz CT molecular complexity index is 1050. The normalized spacial score (nSPS) is 23.3. The van der Waals surface area contributed by atoms with Crippen molar-refractivity contribution in [3.8, 4) is 11.5 Å². The topological polar surface area (TPSA) is 89.9 Å². The van der Waals surface area contributed by atoms with E-state index in [2.05, 4.69) is 0 Å². The molecule has 0 spiro atoms. The van der Waals surface area contributed by atoms with Gasteiger partial charge in [0.05, 0.1) is 12.5 Å². The van der Waals surface area contributed by atoms with Crippen LogP contribution in [0.25, 0.3) is 6.08 Å². The number of allylic oxidation sites excluding steroid dienone is 1. The first-order valence-corrected chi connectivity index (χ1v) is 11.9. The second-order valence-electron chi connectivity index (χ2n) is 8.33. The van der Waals surface area contributed by atoms with Crippen LogP contribution in [0.2, 0.25) is 0 Å². The number of phenols is 1. The molecule has 32 heavy (non-hydrogen) atoms. The predicted octanol–water partition coefficient (Wildman–Crippen LogP) is 5.38. The van der Waals surface area contributed by atoms with Gasteiger partial charge in [0.2, 0.25) is 0 Å². The van der Waals surface area contributed by atoms with Gasteiger partial charge in [-0.2, -0.15) is 11.3 Å². The average Bonchev–Trinajstić information content (AvgIpc) is 3.27. The summed E-state index contributed by atoms with van der Waals surface area (Å²) >= 11 is 1.50. The van der Waals surface area contributed by atoms with E-state index < -0.39 is 18.0 Å². The number of Topliss-reactive ketones (excluding diaryl/α,β-unsaturated/α-hetero) is 1. The minimum absolute atomic E-state index is 0.0816. The van der Waals surface area contributed by atoms with E-state index in [1.165, 1.54) is 11.3 Å². The van der Waals surface area contributed by atoms with Crippen molar-refractivity contribution in [1.29, 1.82) is 0 Å². The van der Waals surface area contributed by atoms with Gasteiger partial charge in [-0.3, -0.25) is 9.59 Å². The third kappa shape index (κ3) is 4.78. The summed E-state index contributed by atoms with van der Waals surface area (Å²) < 4.78 is 11.1. The number of ketones is 1. The molecule has 0 saturated heterocycles. The van der Waals surface area contributed by atoms with Gasteiger partial charge in [-0.1, -0.05) is 12.2 Å². The number of fused-ring (bicyclic) bond motifs is 2. The zero-order valence-corrected chi connectivity index (χ0v) is 18.8. The number of phenolic OH excluding ortho intramolecular Hbond substituents is 1. The molecule has 2 atom stereocenters. The van der Waals surface area contributed by atoms with Crippen molar-refractivity contribution in [3.63, 3.8) is 0 Å². The van der Waals surface area contributed by atoms with Crippen molar-refractivity contribution in [2.75, 3.05) is 0 Å². The number of hydrogen-bond acceptors (Lipinski definition) is 7. The van der Waals surface area contributed by atoms with Crippen molar-refractivity contribution < 1.29 is 29.0 Å². The maximum Gasteiger partial charge on any atom is 0.342 e. The largest absolute Gasteiger partial charge is 0.507 e. The van der Waals surface area contributed by atoms with E-state index in [0.717, 1.165) is 12.0 Å². The Morgan fingerprint density at radius 1 is 1.16 bits per heavy atom. The molecule has 2 aromatic rings. The number of benzene rings is 1. The molecule has 1 aromatic heterocycles. The third-order valence-electron chi connectivity index (χ3n) is 5.92. The lowest BCUT2D eigenvalue weighted by Gasteiger charge is -2.27. The molecule has 3 heterocycles. The van der Waals surface area contributed by atoms with Crippen molar-refractivity contribution in [1.82, 2.24) is 0 Å². The minimum atomic E-state index is -0.623. The zero-order chi connectivity index (χ0) is 22.7. The Kier molecular flexibility index (Phi) is 6.74. The van der Waals surface area contributed by atoms with Gasteiger partial charge in [0.25, 0.3) is 0 Å². The zero-order valence-electron chi connectivity index (χ0n) is 18.0. The standard InChI is InChI=1S/C25H26O6S/c1-15-6-5-9-18(26)8-4-2-3-7-16-12-20-23(24(28)22(16)25(29)30-15)19(13-21(27)31-20)17-10-11-32-14-17/h3,7,10-12,14-15,19,28H,2,4-6,8-9,13H2,1H3/b7-3+/t15-,19+/m0/s1. The second kappa shape index (κ2) is 9.69. The fourth-order valence-electron chi connectivity index (χ4n) is 4.28. The Balaban J connectivity index is 1.79. The molecule has 0 saturated carbocycles. The monoisotopic (exact) mass is 454 g/mol. The number of carbonyl (C=O) groups excluding carboxylic acids is 3. The number of thiophene rings is 1. The highest BCUT2D eigenvalue weighted by Gasteiger charge is 2.35. The van der Waals surface area contributed by atoms with Crippen LogP contribution in [0.4, 0.5) is 0 Å². The summed E-state index contributed by atoms with van der Waals surface area (Å²) in [7, 11) is 0. The van der Waals surface area contributed by atoms with E-state index >= 15 is 0 Å². The maximum absolute atomic E-state index is 13.1. The second-order valence-corrected chi connectivity index (χ2v) is 9.11. The molecule has 7 heteroatoms. The van der Waals surface area contributed by atoms with Gasteiger partial charge in [0, 0.05) is 24.3 Å². The molecule has 2 aliphatic heterocycles. The van der Waals surface area contributed by atoms with Crippen LogP contribution in [0.15, 0.2) is 29.0 Å². The van der Waals surface area contributed by atoms with Crippen LogP contribution in [-0.4, -0.2) is 28.9 Å². The smallest absolute Gasteiger partial charge is 0.342 e. The van der Waals surface area contributed by atoms with Crippen LogP contribution in [0.3, 0.4) is 0 Å². The van der Waals surface area contributed by atoms with Crippen LogP contribution in [0.5, 0.6) is 11.5 Å². The van der Waals surface area contributed by atoms with Crippen molar-refractivity contribution in [3.05, 3.63) is 51.2 Å². The lowest BCUT2D eigenvalue weighted by molar-refractivity contribution is -0.135. The summed E-state index contributed by atoms with van der Waals surface area (Å²) in [6.07, 6.45) is 6.88. The molecule has 0 radical (unpaired) electrons. The van der Waals surface area contributed by atoms with E-state index in [9.17, 15) is 19.5 Å². The molecule has 0 unspecified atom stereocenters. The van der Waals surface area contributed by atoms with Gasteiger partial charge in [-0.15, -0.1) is 0 Å². The summed E-state index contributed by atoms with van der Waals surface area (Å²) in [5, 5.41) is 15.1. The molecule has 0 amide bonds. The Morgan fingerprint density at radius 2 is 1.97 bits per heavy atom. The van der Waals surface area contributed by atoms with Gasteiger partial charge in [0.15, 0.2) is 0 Å². The molecule has 168 valence electrons. The predicted molar refractivity (Wildman–Crippen MR) is 121 cm³/mol. The van der Waals surface area contributed by atoms with Crippen LogP contribution >= 0.6 is 11.3 Å². The summed E-state index contributed by atoms with van der Waals surface area (Å²) in [4.78, 5) is 37.4. The first-order chi connectivity index (χ1) is 15.4. The summed E-state index contributed by atoms with van der Waals surface area (Å²) in [5.74, 6) is -1.13. The quantitative estimate of drug-likeness (QED) is 0.460. The van der Waals surface area contributed by atoms with Gasteiger partial charge in [-0.25, -0.2) is 4.79 Å². The fourth-order valence-corrected chi connectivity index (χ4v) is 4.99. The number of esters is 2. The molecule has 0 bridgehead atoms. The Morgan fingerprint density at radius 3 is 2.75 bits per heavy atom. The number of ether oxygens (including phenoxy) is 2.